The van der Waals surface area contributed by atoms with Gasteiger partial charge in [0.15, 0.2) is 0 Å². The van der Waals surface area contributed by atoms with Crippen LogP contribution >= 0.6 is 7.53 Å². The van der Waals surface area contributed by atoms with Crippen molar-refractivity contribution in [3.63, 3.8) is 0 Å². The van der Waals surface area contributed by atoms with Crippen molar-refractivity contribution in [1.29, 1.82) is 0 Å². The molecule has 70 valence electrons. The van der Waals surface area contributed by atoms with Gasteiger partial charge in [0.05, 0.1) is 0 Å². The Morgan fingerprint density at radius 2 is 2.07 bits per heavy atom. The Bertz CT molecular complexity index is 517. The molecule has 1 heterocycles. The lowest BCUT2D eigenvalue weighted by Gasteiger charge is -2.05. The molecule has 0 saturated heterocycles. The molecule has 0 amide bonds. The number of benzene rings is 1. The number of fused-ring (bicyclic) bond motifs is 3. The minimum Gasteiger partial charge on any atom is -0.112 e. The van der Waals surface area contributed by atoms with Crippen LogP contribution in [0.25, 0.3) is 16.6 Å². The topological polar surface area (TPSA) is 0 Å². The molecule has 0 fully saturated rings. The highest BCUT2D eigenvalue weighted by atomic mass is 31.1. The van der Waals surface area contributed by atoms with Gasteiger partial charge in [-0.2, -0.15) is 0 Å². The van der Waals surface area contributed by atoms with Gasteiger partial charge in [-0.05, 0) is 35.8 Å². The van der Waals surface area contributed by atoms with Gasteiger partial charge < -0.3 is 0 Å². The standard InChI is InChI=1S/C13H13P/c1-14-12-8-4-2-6-10(12)11-7-3-5-9-13(11)14/h2,4-6,8-9H,3,7H2,1H3. The highest BCUT2D eigenvalue weighted by Crippen LogP contribution is 2.47. The van der Waals surface area contributed by atoms with E-state index in [0.717, 1.165) is 0 Å². The molecular weight excluding hydrogens is 187 g/mol. The third-order valence-electron chi connectivity index (χ3n) is 3.10. The molecular formula is C13H13P. The molecule has 3 rings (SSSR count). The number of allylic oxidation sites excluding steroid dienone is 1. The quantitative estimate of drug-likeness (QED) is 0.594. The van der Waals surface area contributed by atoms with Crippen molar-refractivity contribution in [3.05, 3.63) is 41.2 Å². The maximum absolute atomic E-state index is 2.38. The van der Waals surface area contributed by atoms with Crippen molar-refractivity contribution in [2.45, 2.75) is 12.8 Å². The van der Waals surface area contributed by atoms with Crippen molar-refractivity contribution in [2.75, 3.05) is 0 Å². The monoisotopic (exact) mass is 200 g/mol. The van der Waals surface area contributed by atoms with Gasteiger partial charge in [0.25, 0.3) is 0 Å². The van der Waals surface area contributed by atoms with E-state index in [-0.39, 0.29) is 7.53 Å². The zero-order chi connectivity index (χ0) is 9.54. The Balaban J connectivity index is 2.48. The van der Waals surface area contributed by atoms with Gasteiger partial charge in [0.1, 0.15) is 0 Å². The summed E-state index contributed by atoms with van der Waals surface area (Å²) in [7, 11) is -0.0455. The first kappa shape index (κ1) is 8.32. The number of hydrogen-bond acceptors (Lipinski definition) is 0. The zero-order valence-corrected chi connectivity index (χ0v) is 9.22. The smallest absolute Gasteiger partial charge is 0.00177 e. The van der Waals surface area contributed by atoms with Gasteiger partial charge in [0, 0.05) is 5.12 Å². The van der Waals surface area contributed by atoms with Crippen molar-refractivity contribution in [2.24, 2.45) is 6.66 Å². The summed E-state index contributed by atoms with van der Waals surface area (Å²) < 4.78 is 0. The largest absolute Gasteiger partial charge is 0.112 e. The lowest BCUT2D eigenvalue weighted by molar-refractivity contribution is 1.01. The van der Waals surface area contributed by atoms with E-state index in [4.69, 9.17) is 0 Å². The second-order valence-corrected chi connectivity index (χ2v) is 5.96. The Kier molecular flexibility index (Phi) is 1.78. The van der Waals surface area contributed by atoms with Crippen LogP contribution < -0.4 is 0 Å². The summed E-state index contributed by atoms with van der Waals surface area (Å²) in [6.45, 7) is 2.38. The molecule has 2 aromatic rings. The van der Waals surface area contributed by atoms with Crippen LogP contribution in [0.4, 0.5) is 0 Å². The van der Waals surface area contributed by atoms with E-state index in [1.54, 1.807) is 16.0 Å². The van der Waals surface area contributed by atoms with Gasteiger partial charge in [0.2, 0.25) is 0 Å². The lowest BCUT2D eigenvalue weighted by atomic mass is 10.0. The maximum Gasteiger partial charge on any atom is 0.00177 e. The zero-order valence-electron chi connectivity index (χ0n) is 8.33. The Morgan fingerprint density at radius 3 is 3.00 bits per heavy atom. The number of rotatable bonds is 0. The Hall–Kier alpha value is -1.00. The summed E-state index contributed by atoms with van der Waals surface area (Å²) >= 11 is 0. The molecule has 1 unspecified atom stereocenters. The van der Waals surface area contributed by atoms with E-state index >= 15 is 0 Å². The lowest BCUT2D eigenvalue weighted by Crippen LogP contribution is -1.88. The van der Waals surface area contributed by atoms with E-state index in [9.17, 15) is 0 Å². The summed E-state index contributed by atoms with van der Waals surface area (Å²) in [5.41, 5.74) is 1.62. The maximum atomic E-state index is 2.38. The minimum absolute atomic E-state index is 0.0455. The highest BCUT2D eigenvalue weighted by Gasteiger charge is 2.14. The van der Waals surface area contributed by atoms with Crippen molar-refractivity contribution in [3.8, 4) is 0 Å². The van der Waals surface area contributed by atoms with Crippen molar-refractivity contribution >= 4 is 24.1 Å². The second-order valence-electron chi connectivity index (χ2n) is 3.88. The average Bonchev–Trinajstić information content (AvgIpc) is 2.55. The van der Waals surface area contributed by atoms with Crippen molar-refractivity contribution < 1.29 is 0 Å². The molecule has 0 bridgehead atoms. The highest BCUT2D eigenvalue weighted by molar-refractivity contribution is 7.55. The van der Waals surface area contributed by atoms with Crippen LogP contribution in [0, 0.1) is 0 Å². The number of hydrogen-bond donors (Lipinski definition) is 0. The first-order chi connectivity index (χ1) is 6.88. The molecule has 1 aliphatic carbocycles. The van der Waals surface area contributed by atoms with E-state index in [2.05, 4.69) is 43.1 Å². The molecule has 1 aromatic carbocycles. The van der Waals surface area contributed by atoms with Crippen LogP contribution in [0.2, 0.25) is 0 Å². The van der Waals surface area contributed by atoms with E-state index in [1.165, 1.54) is 18.2 Å². The van der Waals surface area contributed by atoms with Crippen LogP contribution in [0.15, 0.2) is 30.3 Å². The first-order valence-electron chi connectivity index (χ1n) is 5.11. The predicted molar refractivity (Wildman–Crippen MR) is 65.0 cm³/mol. The third-order valence-corrected chi connectivity index (χ3v) is 5.35. The SMILES string of the molecule is Cp1c2c(c3ccccc31)CCC=C2. The molecule has 1 heteroatoms. The number of aryl methyl sites for hydroxylation is 2. The molecule has 0 spiro atoms. The van der Waals surface area contributed by atoms with Crippen molar-refractivity contribution in [1.82, 2.24) is 0 Å². The summed E-state index contributed by atoms with van der Waals surface area (Å²) in [6, 6.07) is 8.92. The molecule has 1 aliphatic rings. The Morgan fingerprint density at radius 1 is 1.21 bits per heavy atom. The van der Waals surface area contributed by atoms with Crippen LogP contribution in [0.5, 0.6) is 0 Å². The normalized spacial score (nSPS) is 15.9. The van der Waals surface area contributed by atoms with Gasteiger partial charge >= 0.3 is 0 Å². The molecule has 1 atom stereocenters. The molecule has 0 radical (unpaired) electrons. The molecule has 0 nitrogen and oxygen atoms in total. The predicted octanol–water partition coefficient (Wildman–Crippen LogP) is 4.32. The summed E-state index contributed by atoms with van der Waals surface area (Å²) in [4.78, 5) is 0. The fourth-order valence-electron chi connectivity index (χ4n) is 2.39. The molecule has 1 aromatic heterocycles. The summed E-state index contributed by atoms with van der Waals surface area (Å²) in [5.74, 6) is 0. The average molecular weight is 200 g/mol. The van der Waals surface area contributed by atoms with Gasteiger partial charge in [-0.3, -0.25) is 0 Å². The fraction of sp³-hybridized carbons (Fsp3) is 0.231. The second kappa shape index (κ2) is 3.00. The van der Waals surface area contributed by atoms with Crippen LogP contribution in [-0.4, -0.2) is 0 Å². The van der Waals surface area contributed by atoms with Crippen LogP contribution in [0.3, 0.4) is 0 Å². The fourth-order valence-corrected chi connectivity index (χ4v) is 4.50. The molecule has 0 saturated carbocycles. The van der Waals surface area contributed by atoms with E-state index in [1.807, 2.05) is 0 Å². The minimum atomic E-state index is -0.0455. The molecule has 14 heavy (non-hydrogen) atoms. The molecule has 0 N–H and O–H groups in total. The van der Waals surface area contributed by atoms with Gasteiger partial charge in [-0.25, -0.2) is 0 Å². The summed E-state index contributed by atoms with van der Waals surface area (Å²) in [5, 5.41) is 4.73. The van der Waals surface area contributed by atoms with Gasteiger partial charge in [-0.1, -0.05) is 36.4 Å². The van der Waals surface area contributed by atoms with Crippen LogP contribution in [0.1, 0.15) is 17.3 Å². The van der Waals surface area contributed by atoms with E-state index < -0.39 is 0 Å². The molecule has 0 aliphatic heterocycles. The van der Waals surface area contributed by atoms with Crippen LogP contribution in [-0.2, 0) is 13.1 Å². The summed E-state index contributed by atoms with van der Waals surface area (Å²) in [6.07, 6.45) is 7.14. The Labute approximate surface area is 85.3 Å². The first-order valence-corrected chi connectivity index (χ1v) is 6.89. The van der Waals surface area contributed by atoms with Gasteiger partial charge in [-0.15, -0.1) is 7.53 Å². The van der Waals surface area contributed by atoms with E-state index in [0.29, 0.717) is 0 Å². The third kappa shape index (κ3) is 1.01.